The molecular formula is C8H7BrFNO3. The number of nitro groups is 1. The minimum Gasteiger partial charge on any atom is -0.386 e. The highest BCUT2D eigenvalue weighted by Crippen LogP contribution is 2.27. The molecule has 1 aromatic carbocycles. The van der Waals surface area contributed by atoms with Crippen molar-refractivity contribution in [2.45, 2.75) is 6.10 Å². The molecule has 4 nitrogen and oxygen atoms in total. The zero-order valence-corrected chi connectivity index (χ0v) is 8.57. The summed E-state index contributed by atoms with van der Waals surface area (Å²) in [6.45, 7) is -0.920. The van der Waals surface area contributed by atoms with Crippen LogP contribution in [0.3, 0.4) is 0 Å². The second-order valence-electron chi connectivity index (χ2n) is 2.63. The fourth-order valence-corrected chi connectivity index (χ4v) is 1.61. The van der Waals surface area contributed by atoms with E-state index in [-0.39, 0.29) is 5.69 Å². The predicted molar refractivity (Wildman–Crippen MR) is 51.7 cm³/mol. The summed E-state index contributed by atoms with van der Waals surface area (Å²) in [5.74, 6) is 0. The predicted octanol–water partition coefficient (Wildman–Crippen LogP) is 2.36. The monoisotopic (exact) mass is 263 g/mol. The summed E-state index contributed by atoms with van der Waals surface area (Å²) in [6, 6.07) is 3.78. The van der Waals surface area contributed by atoms with Gasteiger partial charge in [-0.05, 0) is 11.6 Å². The molecule has 0 aliphatic heterocycles. The first-order chi connectivity index (χ1) is 6.56. The number of non-ortho nitro benzene ring substituents is 1. The fraction of sp³-hybridized carbons (Fsp3) is 0.250. The van der Waals surface area contributed by atoms with Gasteiger partial charge in [0.05, 0.1) is 4.92 Å². The Bertz CT molecular complexity index is 358. The molecule has 0 bridgehead atoms. The number of nitrogens with zero attached hydrogens (tertiary/aromatic N) is 1. The molecule has 1 N–H and O–H groups in total. The Kier molecular flexibility index (Phi) is 3.54. The highest BCUT2D eigenvalue weighted by Gasteiger charge is 2.14. The van der Waals surface area contributed by atoms with Crippen LogP contribution in [0.1, 0.15) is 11.7 Å². The summed E-state index contributed by atoms with van der Waals surface area (Å²) >= 11 is 3.03. The molecule has 0 radical (unpaired) electrons. The number of benzene rings is 1. The molecule has 1 atom stereocenters. The summed E-state index contributed by atoms with van der Waals surface area (Å²) in [5, 5.41) is 19.5. The van der Waals surface area contributed by atoms with Gasteiger partial charge >= 0.3 is 0 Å². The molecule has 0 saturated carbocycles. The summed E-state index contributed by atoms with van der Waals surface area (Å²) in [6.07, 6.45) is -1.25. The van der Waals surface area contributed by atoms with Gasteiger partial charge in [-0.2, -0.15) is 0 Å². The van der Waals surface area contributed by atoms with E-state index >= 15 is 0 Å². The minimum absolute atomic E-state index is 0.105. The molecule has 0 fully saturated rings. The quantitative estimate of drug-likeness (QED) is 0.673. The van der Waals surface area contributed by atoms with Crippen molar-refractivity contribution in [2.75, 3.05) is 6.67 Å². The summed E-state index contributed by atoms with van der Waals surface area (Å²) in [5.41, 5.74) is 0.199. The van der Waals surface area contributed by atoms with Crippen LogP contribution in [0, 0.1) is 10.1 Å². The molecule has 1 rings (SSSR count). The highest BCUT2D eigenvalue weighted by atomic mass is 79.9. The zero-order valence-electron chi connectivity index (χ0n) is 6.98. The lowest BCUT2D eigenvalue weighted by atomic mass is 10.1. The first kappa shape index (κ1) is 11.1. The maximum absolute atomic E-state index is 12.1. The lowest BCUT2D eigenvalue weighted by Gasteiger charge is -2.07. The van der Waals surface area contributed by atoms with Gasteiger partial charge in [0.25, 0.3) is 5.69 Å². The van der Waals surface area contributed by atoms with Crippen molar-refractivity contribution in [1.29, 1.82) is 0 Å². The van der Waals surface area contributed by atoms with Gasteiger partial charge in [-0.15, -0.1) is 0 Å². The Morgan fingerprint density at radius 1 is 1.64 bits per heavy atom. The van der Waals surface area contributed by atoms with E-state index in [1.807, 2.05) is 0 Å². The van der Waals surface area contributed by atoms with E-state index in [1.165, 1.54) is 18.2 Å². The molecule has 0 aliphatic rings. The van der Waals surface area contributed by atoms with Gasteiger partial charge in [0.15, 0.2) is 0 Å². The van der Waals surface area contributed by atoms with E-state index in [4.69, 9.17) is 5.11 Å². The largest absolute Gasteiger partial charge is 0.386 e. The van der Waals surface area contributed by atoms with E-state index in [0.29, 0.717) is 10.0 Å². The minimum atomic E-state index is -1.25. The maximum atomic E-state index is 12.1. The van der Waals surface area contributed by atoms with Crippen molar-refractivity contribution in [2.24, 2.45) is 0 Å². The van der Waals surface area contributed by atoms with Crippen LogP contribution in [0.25, 0.3) is 0 Å². The van der Waals surface area contributed by atoms with Gasteiger partial charge in [0, 0.05) is 16.6 Å². The zero-order chi connectivity index (χ0) is 10.7. The van der Waals surface area contributed by atoms with Crippen LogP contribution >= 0.6 is 15.9 Å². The first-order valence-corrected chi connectivity index (χ1v) is 4.53. The smallest absolute Gasteiger partial charge is 0.270 e. The SMILES string of the molecule is O=[N+]([O-])c1ccc(C(O)CF)c(Br)c1. The molecule has 0 spiro atoms. The number of alkyl halides is 1. The lowest BCUT2D eigenvalue weighted by molar-refractivity contribution is -0.385. The van der Waals surface area contributed by atoms with Crippen molar-refractivity contribution < 1.29 is 14.4 Å². The molecule has 0 aromatic heterocycles. The Hall–Kier alpha value is -1.01. The van der Waals surface area contributed by atoms with Gasteiger partial charge in [-0.1, -0.05) is 15.9 Å². The number of nitro benzene ring substituents is 1. The van der Waals surface area contributed by atoms with Crippen molar-refractivity contribution in [1.82, 2.24) is 0 Å². The van der Waals surface area contributed by atoms with Crippen molar-refractivity contribution in [3.8, 4) is 0 Å². The highest BCUT2D eigenvalue weighted by molar-refractivity contribution is 9.10. The van der Waals surface area contributed by atoms with Crippen molar-refractivity contribution in [3.63, 3.8) is 0 Å². The average Bonchev–Trinajstić information content (AvgIpc) is 2.16. The number of rotatable bonds is 3. The molecule has 0 aliphatic carbocycles. The van der Waals surface area contributed by atoms with Gasteiger partial charge in [-0.25, -0.2) is 4.39 Å². The molecular weight excluding hydrogens is 257 g/mol. The third kappa shape index (κ3) is 2.27. The van der Waals surface area contributed by atoms with Crippen molar-refractivity contribution >= 4 is 21.6 Å². The average molecular weight is 264 g/mol. The van der Waals surface area contributed by atoms with E-state index in [9.17, 15) is 14.5 Å². The number of hydrogen-bond donors (Lipinski definition) is 1. The van der Waals surface area contributed by atoms with Gasteiger partial charge < -0.3 is 5.11 Å². The molecule has 76 valence electrons. The van der Waals surface area contributed by atoms with E-state index in [0.717, 1.165) is 0 Å². The third-order valence-corrected chi connectivity index (χ3v) is 2.39. The fourth-order valence-electron chi connectivity index (χ4n) is 0.983. The number of hydrogen-bond acceptors (Lipinski definition) is 3. The van der Waals surface area contributed by atoms with Crippen LogP contribution in [0.4, 0.5) is 10.1 Å². The molecule has 6 heteroatoms. The normalized spacial score (nSPS) is 12.5. The summed E-state index contributed by atoms with van der Waals surface area (Å²) in [7, 11) is 0. The van der Waals surface area contributed by atoms with Gasteiger partial charge in [0.2, 0.25) is 0 Å². The molecule has 1 unspecified atom stereocenters. The second kappa shape index (κ2) is 4.47. The Balaban J connectivity index is 3.07. The molecule has 1 aromatic rings. The second-order valence-corrected chi connectivity index (χ2v) is 3.49. The third-order valence-electron chi connectivity index (χ3n) is 1.70. The van der Waals surface area contributed by atoms with Crippen LogP contribution in [0.5, 0.6) is 0 Å². The molecule has 0 saturated heterocycles. The van der Waals surface area contributed by atoms with Crippen LogP contribution in [-0.4, -0.2) is 16.7 Å². The van der Waals surface area contributed by atoms with E-state index in [2.05, 4.69) is 15.9 Å². The number of aliphatic hydroxyl groups is 1. The van der Waals surface area contributed by atoms with Gasteiger partial charge in [-0.3, -0.25) is 10.1 Å². The molecule has 0 amide bonds. The Morgan fingerprint density at radius 2 is 2.29 bits per heavy atom. The van der Waals surface area contributed by atoms with E-state index in [1.54, 1.807) is 0 Å². The summed E-state index contributed by atoms with van der Waals surface area (Å²) < 4.78 is 12.4. The topological polar surface area (TPSA) is 63.4 Å². The Morgan fingerprint density at radius 3 is 2.71 bits per heavy atom. The number of halogens is 2. The lowest BCUT2D eigenvalue weighted by Crippen LogP contribution is -2.00. The van der Waals surface area contributed by atoms with Crippen molar-refractivity contribution in [3.05, 3.63) is 38.3 Å². The van der Waals surface area contributed by atoms with Crippen LogP contribution < -0.4 is 0 Å². The number of aliphatic hydroxyl groups excluding tert-OH is 1. The van der Waals surface area contributed by atoms with Crippen LogP contribution in [0.2, 0.25) is 0 Å². The van der Waals surface area contributed by atoms with Gasteiger partial charge in [0.1, 0.15) is 12.8 Å². The van der Waals surface area contributed by atoms with E-state index < -0.39 is 17.7 Å². The Labute approximate surface area is 87.6 Å². The summed E-state index contributed by atoms with van der Waals surface area (Å²) in [4.78, 5) is 9.79. The standard InChI is InChI=1S/C8H7BrFNO3/c9-7-3-5(11(13)14)1-2-6(7)8(12)4-10/h1-3,8,12H,4H2. The molecule has 0 heterocycles. The van der Waals surface area contributed by atoms with Crippen LogP contribution in [-0.2, 0) is 0 Å². The van der Waals surface area contributed by atoms with Crippen LogP contribution in [0.15, 0.2) is 22.7 Å². The maximum Gasteiger partial charge on any atom is 0.270 e. The molecule has 14 heavy (non-hydrogen) atoms. The first-order valence-electron chi connectivity index (χ1n) is 3.74.